The first-order valence-electron chi connectivity index (χ1n) is 7.40. The number of hydrazine groups is 1. The summed E-state index contributed by atoms with van der Waals surface area (Å²) in [5.74, 6) is -0.920. The van der Waals surface area contributed by atoms with Gasteiger partial charge in [0.25, 0.3) is 0 Å². The van der Waals surface area contributed by atoms with E-state index in [2.05, 4.69) is 12.0 Å². The van der Waals surface area contributed by atoms with Crippen molar-refractivity contribution in [1.29, 1.82) is 0 Å². The second-order valence-corrected chi connectivity index (χ2v) is 4.93. The molecule has 7 nitrogen and oxygen atoms in total. The molecule has 0 aromatic rings. The minimum Gasteiger partial charge on any atom is -0.342 e. The second-order valence-electron chi connectivity index (χ2n) is 4.93. The summed E-state index contributed by atoms with van der Waals surface area (Å²) in [6.45, 7) is 5.82. The summed E-state index contributed by atoms with van der Waals surface area (Å²) in [7, 11) is 1.69. The van der Waals surface area contributed by atoms with Gasteiger partial charge in [0.15, 0.2) is 0 Å². The fourth-order valence-electron chi connectivity index (χ4n) is 1.75. The number of carbonyl (C=O) groups is 4. The van der Waals surface area contributed by atoms with Gasteiger partial charge in [0.1, 0.15) is 0 Å². The zero-order chi connectivity index (χ0) is 17.0. The van der Waals surface area contributed by atoms with Gasteiger partial charge in [-0.25, -0.2) is 0 Å². The zero-order valence-corrected chi connectivity index (χ0v) is 13.3. The molecule has 0 aromatic carbocycles. The average molecular weight is 311 g/mol. The number of likely N-dealkylation sites (N-methyl/N-ethyl adjacent to an activating group) is 1. The topological polar surface area (TPSA) is 86.8 Å². The molecule has 0 fully saturated rings. The molecule has 1 N–H and O–H groups in total. The van der Waals surface area contributed by atoms with Crippen LogP contribution in [0, 0.1) is 0 Å². The number of nitrogens with zero attached hydrogens (tertiary/aromatic N) is 2. The van der Waals surface area contributed by atoms with E-state index >= 15 is 0 Å². The molecule has 0 aromatic heterocycles. The van der Waals surface area contributed by atoms with Crippen LogP contribution in [0.5, 0.6) is 0 Å². The molecule has 0 atom stereocenters. The molecular weight excluding hydrogens is 286 g/mol. The summed E-state index contributed by atoms with van der Waals surface area (Å²) in [6, 6.07) is 0. The summed E-state index contributed by atoms with van der Waals surface area (Å²) < 4.78 is 0. The van der Waals surface area contributed by atoms with Crippen LogP contribution in [-0.2, 0) is 19.2 Å². The van der Waals surface area contributed by atoms with E-state index in [1.165, 1.54) is 6.08 Å². The molecule has 4 amide bonds. The monoisotopic (exact) mass is 311 g/mol. The van der Waals surface area contributed by atoms with Crippen molar-refractivity contribution in [2.75, 3.05) is 13.6 Å². The lowest BCUT2D eigenvalue weighted by Crippen LogP contribution is -2.45. The predicted octanol–water partition coefficient (Wildman–Crippen LogP) is 1.01. The van der Waals surface area contributed by atoms with Crippen molar-refractivity contribution in [1.82, 2.24) is 15.3 Å². The summed E-state index contributed by atoms with van der Waals surface area (Å²) in [5.41, 5.74) is 2.28. The number of imide groups is 1. The van der Waals surface area contributed by atoms with Crippen LogP contribution in [0.2, 0.25) is 0 Å². The molecule has 22 heavy (non-hydrogen) atoms. The Kier molecular flexibility index (Phi) is 10.3. The first kappa shape index (κ1) is 19.8. The molecule has 0 unspecified atom stereocenters. The quantitative estimate of drug-likeness (QED) is 0.282. The van der Waals surface area contributed by atoms with Crippen LogP contribution in [0.15, 0.2) is 12.7 Å². The molecule has 0 spiro atoms. The van der Waals surface area contributed by atoms with Crippen LogP contribution in [0.3, 0.4) is 0 Å². The highest BCUT2D eigenvalue weighted by atomic mass is 16.2. The number of unbranched alkanes of at least 4 members (excludes halogenated alkanes) is 2. The molecule has 0 saturated heterocycles. The predicted molar refractivity (Wildman–Crippen MR) is 82.3 cm³/mol. The highest BCUT2D eigenvalue weighted by molar-refractivity contribution is 5.89. The van der Waals surface area contributed by atoms with Crippen LogP contribution < -0.4 is 5.43 Å². The SMILES string of the molecule is C=CC(=O)N(C)CCCCCC(=O)NN(C=O)C(=O)CCC. The van der Waals surface area contributed by atoms with Gasteiger partial charge in [-0.15, -0.1) is 0 Å². The van der Waals surface area contributed by atoms with Gasteiger partial charge in [0.2, 0.25) is 24.1 Å². The van der Waals surface area contributed by atoms with E-state index in [4.69, 9.17) is 0 Å². The van der Waals surface area contributed by atoms with E-state index in [0.717, 1.165) is 12.8 Å². The number of rotatable bonds is 10. The molecule has 0 radical (unpaired) electrons. The molecule has 0 saturated carbocycles. The van der Waals surface area contributed by atoms with Crippen molar-refractivity contribution in [3.8, 4) is 0 Å². The smallest absolute Gasteiger partial charge is 0.247 e. The normalized spacial score (nSPS) is 9.73. The summed E-state index contributed by atoms with van der Waals surface area (Å²) in [4.78, 5) is 46.7. The van der Waals surface area contributed by atoms with E-state index < -0.39 is 5.91 Å². The third-order valence-corrected chi connectivity index (χ3v) is 3.03. The Labute approximate surface area is 131 Å². The molecular formula is C15H25N3O4. The maximum absolute atomic E-state index is 11.6. The number of carbonyl (C=O) groups excluding carboxylic acids is 4. The van der Waals surface area contributed by atoms with Crippen molar-refractivity contribution < 1.29 is 19.2 Å². The van der Waals surface area contributed by atoms with Crippen molar-refractivity contribution in [3.63, 3.8) is 0 Å². The van der Waals surface area contributed by atoms with E-state index in [1.54, 1.807) is 11.9 Å². The highest BCUT2D eigenvalue weighted by Crippen LogP contribution is 2.02. The van der Waals surface area contributed by atoms with Gasteiger partial charge < -0.3 is 4.90 Å². The maximum Gasteiger partial charge on any atom is 0.247 e. The zero-order valence-electron chi connectivity index (χ0n) is 13.3. The molecule has 0 aliphatic rings. The van der Waals surface area contributed by atoms with Crippen LogP contribution in [0.4, 0.5) is 0 Å². The molecule has 0 heterocycles. The number of hydrogen-bond donors (Lipinski definition) is 1. The lowest BCUT2D eigenvalue weighted by atomic mass is 10.2. The van der Waals surface area contributed by atoms with Gasteiger partial charge in [0.05, 0.1) is 0 Å². The highest BCUT2D eigenvalue weighted by Gasteiger charge is 2.14. The fourth-order valence-corrected chi connectivity index (χ4v) is 1.75. The summed E-state index contributed by atoms with van der Waals surface area (Å²) >= 11 is 0. The van der Waals surface area contributed by atoms with Crippen LogP contribution in [0.25, 0.3) is 0 Å². The van der Waals surface area contributed by atoms with E-state index in [1.807, 2.05) is 6.92 Å². The Morgan fingerprint density at radius 3 is 2.36 bits per heavy atom. The fraction of sp³-hybridized carbons (Fsp3) is 0.600. The van der Waals surface area contributed by atoms with Crippen molar-refractivity contribution in [3.05, 3.63) is 12.7 Å². The summed E-state index contributed by atoms with van der Waals surface area (Å²) in [5, 5.41) is 0.697. The van der Waals surface area contributed by atoms with Gasteiger partial charge in [-0.1, -0.05) is 19.9 Å². The van der Waals surface area contributed by atoms with Crippen molar-refractivity contribution in [2.24, 2.45) is 0 Å². The minimum atomic E-state index is -0.421. The van der Waals surface area contributed by atoms with Crippen LogP contribution >= 0.6 is 0 Å². The number of nitrogens with one attached hydrogen (secondary N) is 1. The first-order valence-corrected chi connectivity index (χ1v) is 7.40. The lowest BCUT2D eigenvalue weighted by Gasteiger charge is -2.16. The second kappa shape index (κ2) is 11.5. The Morgan fingerprint density at radius 2 is 1.82 bits per heavy atom. The number of amides is 4. The minimum absolute atomic E-state index is 0.131. The standard InChI is InChI=1S/C15H25N3O4/c1-4-9-15(22)18(12-19)16-13(20)10-7-6-8-11-17(3)14(21)5-2/h5,12H,2,4,6-11H2,1,3H3,(H,16,20). The molecule has 7 heteroatoms. The largest absolute Gasteiger partial charge is 0.342 e. The van der Waals surface area contributed by atoms with Gasteiger partial charge >= 0.3 is 0 Å². The van der Waals surface area contributed by atoms with E-state index in [-0.39, 0.29) is 24.7 Å². The molecule has 124 valence electrons. The third-order valence-electron chi connectivity index (χ3n) is 3.03. The maximum atomic E-state index is 11.6. The number of hydrogen-bond acceptors (Lipinski definition) is 4. The van der Waals surface area contributed by atoms with Crippen LogP contribution in [-0.4, -0.2) is 47.6 Å². The lowest BCUT2D eigenvalue weighted by molar-refractivity contribution is -0.147. The van der Waals surface area contributed by atoms with Crippen molar-refractivity contribution in [2.45, 2.75) is 45.4 Å². The van der Waals surface area contributed by atoms with E-state index in [0.29, 0.717) is 30.8 Å². The Morgan fingerprint density at radius 1 is 1.14 bits per heavy atom. The molecule has 0 aliphatic carbocycles. The average Bonchev–Trinajstić information content (AvgIpc) is 2.51. The Balaban J connectivity index is 3.90. The summed E-state index contributed by atoms with van der Waals surface area (Å²) in [6.07, 6.45) is 4.78. The van der Waals surface area contributed by atoms with Gasteiger partial charge in [-0.05, 0) is 25.3 Å². The Hall–Kier alpha value is -2.18. The molecule has 0 bridgehead atoms. The Bertz CT molecular complexity index is 410. The van der Waals surface area contributed by atoms with E-state index in [9.17, 15) is 19.2 Å². The van der Waals surface area contributed by atoms with Crippen LogP contribution in [0.1, 0.15) is 45.4 Å². The first-order chi connectivity index (χ1) is 10.5. The molecule has 0 rings (SSSR count). The van der Waals surface area contributed by atoms with Gasteiger partial charge in [-0.3, -0.25) is 24.6 Å². The molecule has 0 aliphatic heterocycles. The van der Waals surface area contributed by atoms with Gasteiger partial charge in [0, 0.05) is 26.4 Å². The van der Waals surface area contributed by atoms with Gasteiger partial charge in [-0.2, -0.15) is 5.01 Å². The van der Waals surface area contributed by atoms with Crippen molar-refractivity contribution >= 4 is 24.1 Å². The third kappa shape index (κ3) is 8.18.